The van der Waals surface area contributed by atoms with Crippen LogP contribution in [0.3, 0.4) is 0 Å². The van der Waals surface area contributed by atoms with E-state index in [0.717, 1.165) is 28.4 Å². The molecule has 140 valence electrons. The van der Waals surface area contributed by atoms with E-state index < -0.39 is 35.7 Å². The van der Waals surface area contributed by atoms with Crippen LogP contribution in [0.15, 0.2) is 34.7 Å². The number of carbonyl (C=O) groups excluding carboxylic acids is 4. The molecule has 0 amide bonds. The third-order valence-electron chi connectivity index (χ3n) is 4.28. The zero-order chi connectivity index (χ0) is 19.6. The van der Waals surface area contributed by atoms with Gasteiger partial charge in [-0.2, -0.15) is 0 Å². The van der Waals surface area contributed by atoms with Crippen LogP contribution in [0, 0.1) is 11.8 Å². The van der Waals surface area contributed by atoms with Crippen LogP contribution in [0.2, 0.25) is 0 Å². The van der Waals surface area contributed by atoms with Crippen molar-refractivity contribution in [1.82, 2.24) is 4.90 Å². The SMILES string of the molecule is COC(=O)C1=C(C(=O)OC)[C@H](C(=O)OC)C(C(=O)OC)=C2[C@@H]1C=CN2C. The highest BCUT2D eigenvalue weighted by molar-refractivity contribution is 6.11. The fourth-order valence-electron chi connectivity index (χ4n) is 3.18. The Morgan fingerprint density at radius 1 is 0.808 bits per heavy atom. The van der Waals surface area contributed by atoms with Crippen LogP contribution in [-0.4, -0.2) is 64.3 Å². The maximum atomic E-state index is 12.5. The zero-order valence-corrected chi connectivity index (χ0v) is 15.0. The first-order valence-electron chi connectivity index (χ1n) is 7.56. The van der Waals surface area contributed by atoms with Crippen molar-refractivity contribution in [1.29, 1.82) is 0 Å². The molecule has 26 heavy (non-hydrogen) atoms. The molecule has 2 rings (SSSR count). The third-order valence-corrected chi connectivity index (χ3v) is 4.28. The van der Waals surface area contributed by atoms with Crippen molar-refractivity contribution >= 4 is 23.9 Å². The summed E-state index contributed by atoms with van der Waals surface area (Å²) < 4.78 is 19.1. The highest BCUT2D eigenvalue weighted by atomic mass is 16.5. The number of methoxy groups -OCH3 is 4. The van der Waals surface area contributed by atoms with Crippen LogP contribution in [0.1, 0.15) is 0 Å². The van der Waals surface area contributed by atoms with E-state index in [2.05, 4.69) is 0 Å². The molecule has 1 heterocycles. The lowest BCUT2D eigenvalue weighted by Crippen LogP contribution is -2.39. The monoisotopic (exact) mass is 365 g/mol. The van der Waals surface area contributed by atoms with Gasteiger partial charge < -0.3 is 23.8 Å². The quantitative estimate of drug-likeness (QED) is 0.500. The van der Waals surface area contributed by atoms with Gasteiger partial charge in [-0.25, -0.2) is 14.4 Å². The lowest BCUT2D eigenvalue weighted by molar-refractivity contribution is -0.149. The number of esters is 4. The van der Waals surface area contributed by atoms with Gasteiger partial charge in [0.05, 0.1) is 51.1 Å². The number of fused-ring (bicyclic) bond motifs is 1. The Balaban J connectivity index is 2.88. The molecule has 0 saturated heterocycles. The predicted octanol–water partition coefficient (Wildman–Crippen LogP) is -0.0658. The molecule has 0 saturated carbocycles. The second-order valence-corrected chi connectivity index (χ2v) is 5.49. The molecule has 0 fully saturated rings. The molecule has 2 atom stereocenters. The van der Waals surface area contributed by atoms with Crippen molar-refractivity contribution in [3.63, 3.8) is 0 Å². The first-order chi connectivity index (χ1) is 12.3. The summed E-state index contributed by atoms with van der Waals surface area (Å²) in [6, 6.07) is 0. The van der Waals surface area contributed by atoms with Gasteiger partial charge in [0.25, 0.3) is 0 Å². The van der Waals surface area contributed by atoms with Crippen molar-refractivity contribution in [3.05, 3.63) is 34.7 Å². The van der Waals surface area contributed by atoms with Crippen LogP contribution >= 0.6 is 0 Å². The molecular weight excluding hydrogens is 346 g/mol. The Morgan fingerprint density at radius 2 is 1.31 bits per heavy atom. The minimum Gasteiger partial charge on any atom is -0.468 e. The zero-order valence-electron chi connectivity index (χ0n) is 15.0. The molecule has 2 aliphatic rings. The van der Waals surface area contributed by atoms with Crippen LogP contribution in [0.4, 0.5) is 0 Å². The van der Waals surface area contributed by atoms with Crippen LogP contribution < -0.4 is 0 Å². The summed E-state index contributed by atoms with van der Waals surface area (Å²) in [5.74, 6) is -5.73. The molecule has 0 aromatic carbocycles. The van der Waals surface area contributed by atoms with Crippen molar-refractivity contribution in [2.75, 3.05) is 35.5 Å². The molecule has 1 aliphatic carbocycles. The van der Waals surface area contributed by atoms with Gasteiger partial charge >= 0.3 is 23.9 Å². The van der Waals surface area contributed by atoms with Gasteiger partial charge in [-0.05, 0) is 0 Å². The summed E-state index contributed by atoms with van der Waals surface area (Å²) in [6.07, 6.45) is 3.22. The van der Waals surface area contributed by atoms with E-state index in [9.17, 15) is 19.2 Å². The highest BCUT2D eigenvalue weighted by Crippen LogP contribution is 2.45. The maximum absolute atomic E-state index is 12.5. The van der Waals surface area contributed by atoms with Gasteiger partial charge in [-0.1, -0.05) is 6.08 Å². The normalized spacial score (nSPS) is 21.3. The molecule has 0 aromatic rings. The molecule has 9 nitrogen and oxygen atoms in total. The first-order valence-corrected chi connectivity index (χ1v) is 7.56. The lowest BCUT2D eigenvalue weighted by atomic mass is 9.75. The minimum absolute atomic E-state index is 0.0852. The van der Waals surface area contributed by atoms with Gasteiger partial charge in [0.1, 0.15) is 5.92 Å². The van der Waals surface area contributed by atoms with E-state index in [4.69, 9.17) is 18.9 Å². The number of ether oxygens (including phenoxy) is 4. The van der Waals surface area contributed by atoms with Crippen molar-refractivity contribution < 1.29 is 38.1 Å². The van der Waals surface area contributed by atoms with Gasteiger partial charge in [0.2, 0.25) is 0 Å². The van der Waals surface area contributed by atoms with Gasteiger partial charge in [0, 0.05) is 18.9 Å². The summed E-state index contributed by atoms with van der Waals surface area (Å²) in [4.78, 5) is 51.4. The maximum Gasteiger partial charge on any atom is 0.336 e. The van der Waals surface area contributed by atoms with Crippen LogP contribution in [-0.2, 0) is 38.1 Å². The summed E-state index contributed by atoms with van der Waals surface area (Å²) in [5, 5.41) is 0. The summed E-state index contributed by atoms with van der Waals surface area (Å²) in [6.45, 7) is 0. The number of carbonyl (C=O) groups is 4. The Hall–Kier alpha value is -3.10. The Bertz CT molecular complexity index is 761. The average Bonchev–Trinajstić information content (AvgIpc) is 3.04. The molecule has 9 heteroatoms. The second kappa shape index (κ2) is 7.42. The van der Waals surface area contributed by atoms with E-state index >= 15 is 0 Å². The lowest BCUT2D eigenvalue weighted by Gasteiger charge is -2.32. The summed E-state index contributed by atoms with van der Waals surface area (Å²) in [5.41, 5.74) is -0.150. The summed E-state index contributed by atoms with van der Waals surface area (Å²) in [7, 11) is 6.16. The van der Waals surface area contributed by atoms with Crippen LogP contribution in [0.25, 0.3) is 0 Å². The Morgan fingerprint density at radius 3 is 1.81 bits per heavy atom. The average molecular weight is 365 g/mol. The highest BCUT2D eigenvalue weighted by Gasteiger charge is 2.50. The van der Waals surface area contributed by atoms with Crippen molar-refractivity contribution in [2.24, 2.45) is 11.8 Å². The minimum atomic E-state index is -1.48. The Labute approximate surface area is 149 Å². The largest absolute Gasteiger partial charge is 0.468 e. The van der Waals surface area contributed by atoms with Crippen molar-refractivity contribution in [2.45, 2.75) is 0 Å². The van der Waals surface area contributed by atoms with E-state index in [-0.39, 0.29) is 16.7 Å². The number of rotatable bonds is 4. The summed E-state index contributed by atoms with van der Waals surface area (Å²) >= 11 is 0. The molecule has 0 N–H and O–H groups in total. The van der Waals surface area contributed by atoms with E-state index in [0.29, 0.717) is 5.70 Å². The number of hydrogen-bond acceptors (Lipinski definition) is 9. The first kappa shape index (κ1) is 19.2. The smallest absolute Gasteiger partial charge is 0.336 e. The van der Waals surface area contributed by atoms with Crippen molar-refractivity contribution in [3.8, 4) is 0 Å². The van der Waals surface area contributed by atoms with E-state index in [1.54, 1.807) is 24.2 Å². The fraction of sp³-hybridized carbons (Fsp3) is 0.412. The molecule has 1 aliphatic heterocycles. The topological polar surface area (TPSA) is 108 Å². The predicted molar refractivity (Wildman–Crippen MR) is 86.0 cm³/mol. The number of allylic oxidation sites excluding steroid dienone is 1. The molecule has 0 unspecified atom stereocenters. The Kier molecular flexibility index (Phi) is 5.49. The van der Waals surface area contributed by atoms with Gasteiger partial charge in [-0.3, -0.25) is 4.79 Å². The van der Waals surface area contributed by atoms with Gasteiger partial charge in [-0.15, -0.1) is 0 Å². The standard InChI is InChI=1S/C17H19NO8/c1-18-7-6-8-9(14(19)23-2)10(15(20)24-3)11(16(21)25-4)12(13(8)18)17(22)26-5/h6-8,11H,1-5H3/t8-,11+/m1/s1. The second-order valence-electron chi connectivity index (χ2n) is 5.49. The molecule has 0 bridgehead atoms. The van der Waals surface area contributed by atoms with Gasteiger partial charge in [0.15, 0.2) is 0 Å². The van der Waals surface area contributed by atoms with E-state index in [1.165, 1.54) is 0 Å². The number of hydrogen-bond donors (Lipinski definition) is 0. The third kappa shape index (κ3) is 2.85. The number of nitrogens with zero attached hydrogens (tertiary/aromatic N) is 1. The molecule has 0 radical (unpaired) electrons. The van der Waals surface area contributed by atoms with Crippen LogP contribution in [0.5, 0.6) is 0 Å². The van der Waals surface area contributed by atoms with E-state index in [1.807, 2.05) is 0 Å². The molecule has 0 aromatic heterocycles. The fourth-order valence-corrected chi connectivity index (χ4v) is 3.18. The molecule has 0 spiro atoms. The molecular formula is C17H19NO8.